The number of aryl methyl sites for hydroxylation is 1. The summed E-state index contributed by atoms with van der Waals surface area (Å²) in [5.41, 5.74) is 2.10. The highest BCUT2D eigenvalue weighted by atomic mass is 16.5. The molecule has 1 atom stereocenters. The quantitative estimate of drug-likeness (QED) is 0.739. The number of nitrogens with zero attached hydrogens (tertiary/aromatic N) is 1. The van der Waals surface area contributed by atoms with Gasteiger partial charge in [0.05, 0.1) is 18.6 Å². The van der Waals surface area contributed by atoms with E-state index in [1.54, 1.807) is 0 Å². The summed E-state index contributed by atoms with van der Waals surface area (Å²) in [5.74, 6) is -0.140. The number of ether oxygens (including phenoxy) is 1. The van der Waals surface area contributed by atoms with Gasteiger partial charge in [-0.15, -0.1) is 0 Å². The molecular weight excluding hydrogens is 238 g/mol. The molecule has 0 aromatic heterocycles. The molecule has 0 N–H and O–H groups in total. The molecule has 0 aliphatic rings. The third kappa shape index (κ3) is 3.57. The van der Waals surface area contributed by atoms with Gasteiger partial charge >= 0.3 is 5.97 Å². The molecule has 0 heterocycles. The van der Waals surface area contributed by atoms with E-state index in [9.17, 15) is 4.79 Å². The fraction of sp³-hybridized carbons (Fsp3) is 0.562. The molecule has 0 aliphatic carbocycles. The van der Waals surface area contributed by atoms with Gasteiger partial charge in [0.15, 0.2) is 0 Å². The van der Waals surface area contributed by atoms with Crippen molar-refractivity contribution in [2.24, 2.45) is 0 Å². The van der Waals surface area contributed by atoms with Crippen molar-refractivity contribution in [3.05, 3.63) is 35.4 Å². The summed E-state index contributed by atoms with van der Waals surface area (Å²) in [5, 5.41) is 0. The van der Waals surface area contributed by atoms with E-state index in [1.165, 1.54) is 11.1 Å². The van der Waals surface area contributed by atoms with Crippen molar-refractivity contribution in [1.82, 2.24) is 4.90 Å². The number of hydrogen-bond acceptors (Lipinski definition) is 3. The molecule has 106 valence electrons. The lowest BCUT2D eigenvalue weighted by Crippen LogP contribution is -2.43. The van der Waals surface area contributed by atoms with E-state index in [2.05, 4.69) is 43.0 Å². The van der Waals surface area contributed by atoms with E-state index in [0.717, 1.165) is 6.42 Å². The van der Waals surface area contributed by atoms with E-state index < -0.39 is 0 Å². The summed E-state index contributed by atoms with van der Waals surface area (Å²) in [7, 11) is 4.03. The first-order valence-electron chi connectivity index (χ1n) is 6.86. The molecule has 1 aromatic carbocycles. The van der Waals surface area contributed by atoms with Crippen LogP contribution >= 0.6 is 0 Å². The fourth-order valence-corrected chi connectivity index (χ4v) is 2.48. The highest BCUT2D eigenvalue weighted by Crippen LogP contribution is 2.34. The van der Waals surface area contributed by atoms with Crippen LogP contribution in [0.2, 0.25) is 0 Å². The van der Waals surface area contributed by atoms with Crippen molar-refractivity contribution in [2.75, 3.05) is 20.7 Å². The first kappa shape index (κ1) is 15.7. The lowest BCUT2D eigenvalue weighted by atomic mass is 9.82. The molecule has 1 rings (SSSR count). The van der Waals surface area contributed by atoms with Crippen LogP contribution in [0.4, 0.5) is 0 Å². The van der Waals surface area contributed by atoms with Gasteiger partial charge in [-0.1, -0.05) is 36.8 Å². The minimum atomic E-state index is -0.292. The smallest absolute Gasteiger partial charge is 0.308 e. The average Bonchev–Trinajstić information content (AvgIpc) is 2.37. The summed E-state index contributed by atoms with van der Waals surface area (Å²) in [6, 6.07) is 8.40. The van der Waals surface area contributed by atoms with Crippen molar-refractivity contribution in [2.45, 2.75) is 39.2 Å². The van der Waals surface area contributed by atoms with Gasteiger partial charge in [-0.2, -0.15) is 0 Å². The number of carbonyl (C=O) groups is 1. The number of benzene rings is 1. The van der Waals surface area contributed by atoms with Crippen LogP contribution in [0.5, 0.6) is 0 Å². The number of hydrogen-bond donors (Lipinski definition) is 0. The second kappa shape index (κ2) is 6.71. The van der Waals surface area contributed by atoms with E-state index >= 15 is 0 Å². The Morgan fingerprint density at radius 2 is 1.79 bits per heavy atom. The van der Waals surface area contributed by atoms with Crippen molar-refractivity contribution in [3.63, 3.8) is 0 Å². The second-order valence-corrected chi connectivity index (χ2v) is 5.13. The highest BCUT2D eigenvalue weighted by Gasteiger charge is 2.35. The number of esters is 1. The topological polar surface area (TPSA) is 29.5 Å². The van der Waals surface area contributed by atoms with Gasteiger partial charge < -0.3 is 4.74 Å². The Balaban J connectivity index is 3.11. The zero-order chi connectivity index (χ0) is 14.5. The molecule has 0 fully saturated rings. The Hall–Kier alpha value is -1.35. The first-order chi connectivity index (χ1) is 8.96. The first-order valence-corrected chi connectivity index (χ1v) is 6.86. The van der Waals surface area contributed by atoms with Crippen LogP contribution in [-0.4, -0.2) is 31.6 Å². The van der Waals surface area contributed by atoms with Crippen LogP contribution in [0.1, 0.15) is 37.8 Å². The molecule has 0 spiro atoms. The molecule has 19 heavy (non-hydrogen) atoms. The Kier molecular flexibility index (Phi) is 5.55. The third-order valence-corrected chi connectivity index (χ3v) is 3.77. The summed E-state index contributed by atoms with van der Waals surface area (Å²) < 4.78 is 5.13. The van der Waals surface area contributed by atoms with Gasteiger partial charge in [0, 0.05) is 0 Å². The van der Waals surface area contributed by atoms with Gasteiger partial charge in [0.2, 0.25) is 0 Å². The van der Waals surface area contributed by atoms with Crippen LogP contribution in [-0.2, 0) is 15.1 Å². The van der Waals surface area contributed by atoms with E-state index in [4.69, 9.17) is 4.74 Å². The maximum Gasteiger partial charge on any atom is 0.308 e. The van der Waals surface area contributed by atoms with E-state index in [1.807, 2.05) is 21.0 Å². The predicted octanol–water partition coefficient (Wildman–Crippen LogP) is 3.12. The van der Waals surface area contributed by atoms with Crippen LogP contribution in [0, 0.1) is 6.92 Å². The lowest BCUT2D eigenvalue weighted by molar-refractivity contribution is -0.146. The third-order valence-electron chi connectivity index (χ3n) is 3.77. The van der Waals surface area contributed by atoms with Crippen molar-refractivity contribution < 1.29 is 9.53 Å². The Labute approximate surface area is 116 Å². The normalized spacial score (nSPS) is 14.2. The van der Waals surface area contributed by atoms with E-state index in [0.29, 0.717) is 13.0 Å². The van der Waals surface area contributed by atoms with Crippen molar-refractivity contribution in [1.29, 1.82) is 0 Å². The molecule has 0 amide bonds. The molecule has 3 heteroatoms. The summed E-state index contributed by atoms with van der Waals surface area (Å²) >= 11 is 0. The maximum atomic E-state index is 11.9. The van der Waals surface area contributed by atoms with Crippen LogP contribution in [0.3, 0.4) is 0 Å². The number of rotatable bonds is 6. The highest BCUT2D eigenvalue weighted by molar-refractivity contribution is 5.71. The average molecular weight is 263 g/mol. The molecule has 0 saturated carbocycles. The standard InChI is InChI=1S/C16H25NO2/c1-6-16(17(4)5,12-15(18)19-7-2)14-10-8-13(3)9-11-14/h8-11H,6-7,12H2,1-5H3. The monoisotopic (exact) mass is 263 g/mol. The van der Waals surface area contributed by atoms with Crippen molar-refractivity contribution in [3.8, 4) is 0 Å². The van der Waals surface area contributed by atoms with Crippen LogP contribution in [0.25, 0.3) is 0 Å². The van der Waals surface area contributed by atoms with Crippen molar-refractivity contribution >= 4 is 5.97 Å². The van der Waals surface area contributed by atoms with Gasteiger partial charge in [-0.05, 0) is 39.9 Å². The molecule has 1 aromatic rings. The molecular formula is C16H25NO2. The summed E-state index contributed by atoms with van der Waals surface area (Å²) in [6.45, 7) is 6.45. The largest absolute Gasteiger partial charge is 0.466 e. The maximum absolute atomic E-state index is 11.9. The Morgan fingerprint density at radius 1 is 1.21 bits per heavy atom. The minimum absolute atomic E-state index is 0.140. The summed E-state index contributed by atoms with van der Waals surface area (Å²) in [4.78, 5) is 14.0. The molecule has 3 nitrogen and oxygen atoms in total. The predicted molar refractivity (Wildman–Crippen MR) is 78.1 cm³/mol. The summed E-state index contributed by atoms with van der Waals surface area (Å²) in [6.07, 6.45) is 1.25. The van der Waals surface area contributed by atoms with Gasteiger partial charge in [-0.25, -0.2) is 0 Å². The Morgan fingerprint density at radius 3 is 2.21 bits per heavy atom. The van der Waals surface area contributed by atoms with E-state index in [-0.39, 0.29) is 11.5 Å². The SMILES string of the molecule is CCOC(=O)CC(CC)(c1ccc(C)cc1)N(C)C. The minimum Gasteiger partial charge on any atom is -0.466 e. The fourth-order valence-electron chi connectivity index (χ4n) is 2.48. The van der Waals surface area contributed by atoms with Crippen LogP contribution in [0.15, 0.2) is 24.3 Å². The van der Waals surface area contributed by atoms with Gasteiger partial charge in [0.1, 0.15) is 0 Å². The molecule has 0 saturated heterocycles. The number of carbonyl (C=O) groups excluding carboxylic acids is 1. The lowest BCUT2D eigenvalue weighted by Gasteiger charge is -2.39. The second-order valence-electron chi connectivity index (χ2n) is 5.13. The van der Waals surface area contributed by atoms with Gasteiger partial charge in [0.25, 0.3) is 0 Å². The molecule has 0 aliphatic heterocycles. The molecule has 1 unspecified atom stereocenters. The molecule has 0 radical (unpaired) electrons. The molecule has 0 bridgehead atoms. The zero-order valence-corrected chi connectivity index (χ0v) is 12.7. The van der Waals surface area contributed by atoms with Crippen LogP contribution < -0.4 is 0 Å². The zero-order valence-electron chi connectivity index (χ0n) is 12.7. The Bertz CT molecular complexity index is 411. The van der Waals surface area contributed by atoms with Gasteiger partial charge in [-0.3, -0.25) is 9.69 Å².